The van der Waals surface area contributed by atoms with Gasteiger partial charge in [-0.15, -0.1) is 0 Å². The molecule has 1 aliphatic heterocycles. The third kappa shape index (κ3) is 3.00. The lowest BCUT2D eigenvalue weighted by molar-refractivity contribution is -0.129. The average Bonchev–Trinajstić information content (AvgIpc) is 2.38. The maximum atomic E-state index is 12.2. The molecule has 1 amide bonds. The van der Waals surface area contributed by atoms with E-state index in [0.29, 0.717) is 6.54 Å². The highest BCUT2D eigenvalue weighted by molar-refractivity contribution is 5.82. The van der Waals surface area contributed by atoms with Crippen LogP contribution in [-0.2, 0) is 11.2 Å². The fraction of sp³-hybridized carbons (Fsp3) is 0.533. The first-order chi connectivity index (χ1) is 8.99. The van der Waals surface area contributed by atoms with Crippen LogP contribution in [0.2, 0.25) is 0 Å². The molecule has 104 valence electrons. The van der Waals surface area contributed by atoms with Crippen molar-refractivity contribution in [3.8, 4) is 0 Å². The van der Waals surface area contributed by atoms with Gasteiger partial charge < -0.3 is 15.5 Å². The van der Waals surface area contributed by atoms with Crippen LogP contribution >= 0.6 is 0 Å². The zero-order chi connectivity index (χ0) is 14.0. The van der Waals surface area contributed by atoms with Crippen molar-refractivity contribution in [3.63, 3.8) is 0 Å². The maximum Gasteiger partial charge on any atom is 0.242 e. The number of carbonyl (C=O) groups is 1. The van der Waals surface area contributed by atoms with E-state index in [2.05, 4.69) is 11.0 Å². The van der Waals surface area contributed by atoms with Crippen molar-refractivity contribution >= 4 is 17.3 Å². The number of hydrogen-bond acceptors (Lipinski definition) is 3. The van der Waals surface area contributed by atoms with Crippen LogP contribution < -0.4 is 10.6 Å². The number of hydrogen-bond donors (Lipinski definition) is 1. The highest BCUT2D eigenvalue weighted by Crippen LogP contribution is 2.28. The van der Waals surface area contributed by atoms with Gasteiger partial charge in [0, 0.05) is 31.0 Å². The molecule has 0 saturated carbocycles. The summed E-state index contributed by atoms with van der Waals surface area (Å²) in [4.78, 5) is 16.1. The number of likely N-dealkylation sites (N-methyl/N-ethyl adjacent to an activating group) is 1. The van der Waals surface area contributed by atoms with E-state index in [1.807, 2.05) is 33.0 Å². The topological polar surface area (TPSA) is 49.6 Å². The van der Waals surface area contributed by atoms with Gasteiger partial charge in [0.2, 0.25) is 5.91 Å². The zero-order valence-corrected chi connectivity index (χ0v) is 12.0. The van der Waals surface area contributed by atoms with Gasteiger partial charge in [-0.1, -0.05) is 6.07 Å². The zero-order valence-electron chi connectivity index (χ0n) is 12.0. The van der Waals surface area contributed by atoms with Gasteiger partial charge in [0.05, 0.1) is 6.54 Å². The molecule has 0 atom stereocenters. The largest absolute Gasteiger partial charge is 0.399 e. The number of carbonyl (C=O) groups excluding carboxylic acids is 1. The summed E-state index contributed by atoms with van der Waals surface area (Å²) in [5.41, 5.74) is 9.03. The van der Waals surface area contributed by atoms with Crippen molar-refractivity contribution in [2.75, 3.05) is 30.8 Å². The van der Waals surface area contributed by atoms with Crippen LogP contribution in [0.4, 0.5) is 11.4 Å². The first-order valence-corrected chi connectivity index (χ1v) is 6.88. The first-order valence-electron chi connectivity index (χ1n) is 6.88. The van der Waals surface area contributed by atoms with E-state index < -0.39 is 0 Å². The van der Waals surface area contributed by atoms with Crippen LogP contribution in [0.3, 0.4) is 0 Å². The van der Waals surface area contributed by atoms with Gasteiger partial charge in [-0.3, -0.25) is 4.79 Å². The second-order valence-corrected chi connectivity index (χ2v) is 5.51. The fourth-order valence-corrected chi connectivity index (χ4v) is 2.39. The molecule has 4 nitrogen and oxygen atoms in total. The third-order valence-electron chi connectivity index (χ3n) is 3.82. The van der Waals surface area contributed by atoms with Crippen molar-refractivity contribution in [1.82, 2.24) is 4.90 Å². The van der Waals surface area contributed by atoms with Crippen molar-refractivity contribution in [3.05, 3.63) is 23.8 Å². The molecule has 1 aromatic carbocycles. The van der Waals surface area contributed by atoms with Gasteiger partial charge in [-0.2, -0.15) is 0 Å². The molecule has 0 unspecified atom stereocenters. The second-order valence-electron chi connectivity index (χ2n) is 5.51. The van der Waals surface area contributed by atoms with Crippen LogP contribution in [0.5, 0.6) is 0 Å². The molecule has 0 spiro atoms. The van der Waals surface area contributed by atoms with E-state index in [9.17, 15) is 4.79 Å². The van der Waals surface area contributed by atoms with Gasteiger partial charge in [-0.25, -0.2) is 0 Å². The molecule has 4 heteroatoms. The SMILES string of the molecule is CC(C)N(C)C(=O)CN1CCCc2ccc(N)cc21. The van der Waals surface area contributed by atoms with Gasteiger partial charge in [-0.05, 0) is 44.4 Å². The minimum absolute atomic E-state index is 0.158. The Kier molecular flexibility index (Phi) is 3.98. The second kappa shape index (κ2) is 5.51. The summed E-state index contributed by atoms with van der Waals surface area (Å²) in [6.45, 7) is 5.42. The molecular weight excluding hydrogens is 238 g/mol. The van der Waals surface area contributed by atoms with E-state index in [4.69, 9.17) is 5.73 Å². The van der Waals surface area contributed by atoms with Crippen LogP contribution in [0.15, 0.2) is 18.2 Å². The van der Waals surface area contributed by atoms with Gasteiger partial charge in [0.25, 0.3) is 0 Å². The smallest absolute Gasteiger partial charge is 0.242 e. The average molecular weight is 261 g/mol. The lowest BCUT2D eigenvalue weighted by atomic mass is 10.0. The van der Waals surface area contributed by atoms with E-state index >= 15 is 0 Å². The Balaban J connectivity index is 2.15. The summed E-state index contributed by atoms with van der Waals surface area (Å²) in [6.07, 6.45) is 2.16. The molecule has 2 rings (SSSR count). The molecule has 1 heterocycles. The van der Waals surface area contributed by atoms with E-state index in [0.717, 1.165) is 30.8 Å². The van der Waals surface area contributed by atoms with E-state index in [-0.39, 0.29) is 11.9 Å². The molecule has 0 aliphatic carbocycles. The lowest BCUT2D eigenvalue weighted by Gasteiger charge is -2.33. The quantitative estimate of drug-likeness (QED) is 0.845. The number of fused-ring (bicyclic) bond motifs is 1. The van der Waals surface area contributed by atoms with Crippen molar-refractivity contribution in [2.24, 2.45) is 0 Å². The van der Waals surface area contributed by atoms with Crippen LogP contribution in [-0.4, -0.2) is 37.0 Å². The number of aryl methyl sites for hydroxylation is 1. The number of anilines is 2. The standard InChI is InChI=1S/C15H23N3O/c1-11(2)17(3)15(19)10-18-8-4-5-12-6-7-13(16)9-14(12)18/h6-7,9,11H,4-5,8,10,16H2,1-3H3. The minimum Gasteiger partial charge on any atom is -0.399 e. The molecule has 0 aromatic heterocycles. The first kappa shape index (κ1) is 13.7. The minimum atomic E-state index is 0.158. The van der Waals surface area contributed by atoms with Crippen LogP contribution in [0.1, 0.15) is 25.8 Å². The van der Waals surface area contributed by atoms with Gasteiger partial charge >= 0.3 is 0 Å². The van der Waals surface area contributed by atoms with Crippen molar-refractivity contribution < 1.29 is 4.79 Å². The normalized spacial score (nSPS) is 14.4. The Hall–Kier alpha value is -1.71. The fourth-order valence-electron chi connectivity index (χ4n) is 2.39. The van der Waals surface area contributed by atoms with E-state index in [1.54, 1.807) is 4.90 Å². The number of nitrogen functional groups attached to an aromatic ring is 1. The third-order valence-corrected chi connectivity index (χ3v) is 3.82. The molecule has 0 fully saturated rings. The molecule has 1 aromatic rings. The highest BCUT2D eigenvalue weighted by Gasteiger charge is 2.21. The van der Waals surface area contributed by atoms with Crippen LogP contribution in [0, 0.1) is 0 Å². The Morgan fingerprint density at radius 2 is 2.21 bits per heavy atom. The number of benzene rings is 1. The monoisotopic (exact) mass is 261 g/mol. The molecule has 0 bridgehead atoms. The number of nitrogens with zero attached hydrogens (tertiary/aromatic N) is 2. The summed E-state index contributed by atoms with van der Waals surface area (Å²) in [5, 5.41) is 0. The summed E-state index contributed by atoms with van der Waals surface area (Å²) >= 11 is 0. The Morgan fingerprint density at radius 1 is 1.47 bits per heavy atom. The van der Waals surface area contributed by atoms with Crippen molar-refractivity contribution in [2.45, 2.75) is 32.7 Å². The lowest BCUT2D eigenvalue weighted by Crippen LogP contribution is -2.43. The molecule has 0 radical (unpaired) electrons. The maximum absolute atomic E-state index is 12.2. The molecule has 2 N–H and O–H groups in total. The van der Waals surface area contributed by atoms with Gasteiger partial charge in [0.15, 0.2) is 0 Å². The van der Waals surface area contributed by atoms with E-state index in [1.165, 1.54) is 5.56 Å². The Bertz CT molecular complexity index is 470. The number of nitrogens with two attached hydrogens (primary N) is 1. The Morgan fingerprint density at radius 3 is 2.89 bits per heavy atom. The summed E-state index contributed by atoms with van der Waals surface area (Å²) in [5.74, 6) is 0.158. The number of amides is 1. The molecule has 19 heavy (non-hydrogen) atoms. The predicted octanol–water partition coefficient (Wildman–Crippen LogP) is 1.89. The van der Waals surface area contributed by atoms with Crippen LogP contribution in [0.25, 0.3) is 0 Å². The Labute approximate surface area is 115 Å². The summed E-state index contributed by atoms with van der Waals surface area (Å²) < 4.78 is 0. The van der Waals surface area contributed by atoms with Crippen molar-refractivity contribution in [1.29, 1.82) is 0 Å². The van der Waals surface area contributed by atoms with Gasteiger partial charge in [0.1, 0.15) is 0 Å². The molecule has 0 saturated heterocycles. The summed E-state index contributed by atoms with van der Waals surface area (Å²) in [7, 11) is 1.86. The predicted molar refractivity (Wildman–Crippen MR) is 79.3 cm³/mol. The molecule has 1 aliphatic rings. The summed E-state index contributed by atoms with van der Waals surface area (Å²) in [6, 6.07) is 6.23. The highest BCUT2D eigenvalue weighted by atomic mass is 16.2. The molecular formula is C15H23N3O. The number of rotatable bonds is 3.